The molecule has 4 aliphatic rings. The maximum atomic E-state index is 14.5. The second kappa shape index (κ2) is 14.0. The zero-order valence-electron chi connectivity index (χ0n) is 29.7. The van der Waals surface area contributed by atoms with Gasteiger partial charge in [0.2, 0.25) is 27.7 Å². The number of nitrogens with zero attached hydrogens (tertiary/aromatic N) is 4. The number of carbonyl (C=O) groups is 4. The molecule has 4 amide bonds. The van der Waals surface area contributed by atoms with Crippen LogP contribution in [0.25, 0.3) is 11.0 Å². The summed E-state index contributed by atoms with van der Waals surface area (Å²) in [5, 5.41) is 5.91. The summed E-state index contributed by atoms with van der Waals surface area (Å²) in [6, 6.07) is 1.87. The van der Waals surface area contributed by atoms with Gasteiger partial charge in [-0.2, -0.15) is 0 Å². The number of ether oxygens (including phenoxy) is 1. The standard InChI is InChI=1S/C36H42FN7O7S2/c1-20-18-38-32(52-20)30(46)40-26-10-8-6-4-5-7-9-22-17-36(22,34(48)43-53(49,50)35(3)13-14-35)42-29(45)28-16-24(19-44(28)33(26)47)51-31-21(2)39-25-12-11-23(37)15-27(25)41-31/h7,9,11-12,15,18,22,24,26,28H,4-6,8,10,13-14,16-17,19H2,1-3H3,(H,40,46)(H,42,45)(H,43,48). The number of thiazole rings is 1. The molecule has 14 nitrogen and oxygen atoms in total. The van der Waals surface area contributed by atoms with Crippen LogP contribution in [-0.4, -0.2) is 86.9 Å². The second-order valence-electron chi connectivity index (χ2n) is 14.8. The molecule has 3 N–H and O–H groups in total. The summed E-state index contributed by atoms with van der Waals surface area (Å²) in [4.78, 5) is 71.2. The van der Waals surface area contributed by atoms with Crippen molar-refractivity contribution in [3.8, 4) is 5.88 Å². The molecule has 2 saturated carbocycles. The zero-order chi connectivity index (χ0) is 37.7. The molecule has 0 radical (unpaired) electrons. The van der Waals surface area contributed by atoms with E-state index >= 15 is 0 Å². The summed E-state index contributed by atoms with van der Waals surface area (Å²) >= 11 is 1.20. The van der Waals surface area contributed by atoms with Crippen LogP contribution in [0.4, 0.5) is 4.39 Å². The molecule has 282 valence electrons. The lowest BCUT2D eigenvalue weighted by molar-refractivity contribution is -0.141. The lowest BCUT2D eigenvalue weighted by Gasteiger charge is -2.30. The maximum absolute atomic E-state index is 14.5. The van der Waals surface area contributed by atoms with Crippen LogP contribution in [0.1, 0.15) is 85.1 Å². The highest BCUT2D eigenvalue weighted by Gasteiger charge is 2.63. The van der Waals surface area contributed by atoms with Crippen molar-refractivity contribution in [3.63, 3.8) is 0 Å². The van der Waals surface area contributed by atoms with Gasteiger partial charge in [0.05, 0.1) is 22.3 Å². The maximum Gasteiger partial charge on any atom is 0.280 e. The number of aromatic nitrogens is 3. The van der Waals surface area contributed by atoms with Gasteiger partial charge >= 0.3 is 0 Å². The summed E-state index contributed by atoms with van der Waals surface area (Å²) in [6.45, 7) is 5.01. The minimum atomic E-state index is -4.00. The quantitative estimate of drug-likeness (QED) is 0.301. The molecule has 0 bridgehead atoms. The zero-order valence-corrected chi connectivity index (χ0v) is 31.3. The number of halogens is 1. The van der Waals surface area contributed by atoms with E-state index < -0.39 is 73.9 Å². The van der Waals surface area contributed by atoms with E-state index in [1.807, 2.05) is 19.1 Å². The Morgan fingerprint density at radius 2 is 1.91 bits per heavy atom. The molecule has 5 unspecified atom stereocenters. The van der Waals surface area contributed by atoms with Crippen LogP contribution in [0, 0.1) is 25.6 Å². The van der Waals surface area contributed by atoms with E-state index in [4.69, 9.17) is 4.74 Å². The first-order valence-corrected chi connectivity index (χ1v) is 20.2. The van der Waals surface area contributed by atoms with Crippen LogP contribution in [0.2, 0.25) is 0 Å². The lowest BCUT2D eigenvalue weighted by Crippen LogP contribution is -2.58. The highest BCUT2D eigenvalue weighted by Crippen LogP contribution is 2.47. The average molecular weight is 768 g/mol. The van der Waals surface area contributed by atoms with E-state index in [2.05, 4.69) is 30.3 Å². The summed E-state index contributed by atoms with van der Waals surface area (Å²) in [7, 11) is -4.00. The summed E-state index contributed by atoms with van der Waals surface area (Å²) in [6.07, 6.45) is 8.72. The molecule has 3 aromatic rings. The van der Waals surface area contributed by atoms with Crippen molar-refractivity contribution in [1.82, 2.24) is 35.2 Å². The molecule has 2 aliphatic heterocycles. The number of hydrogen-bond acceptors (Lipinski definition) is 11. The first kappa shape index (κ1) is 36.8. The Morgan fingerprint density at radius 3 is 2.64 bits per heavy atom. The molecule has 2 aliphatic carbocycles. The molecule has 17 heteroatoms. The Morgan fingerprint density at radius 1 is 1.11 bits per heavy atom. The number of nitrogens with one attached hydrogen (secondary N) is 3. The molecule has 7 rings (SSSR count). The molecular formula is C36H42FN7O7S2. The number of sulfonamides is 1. The molecule has 4 heterocycles. The SMILES string of the molecule is Cc1cnc(C(=O)NC2CCCCCC=CC3CC3(C(=O)NS(=O)(=O)C3(C)CC3)NC(=O)C3CC(Oc4nc5cc(F)ccc5nc4C)CN3C2=O)s1. The molecule has 2 aromatic heterocycles. The Bertz CT molecular complexity index is 2120. The van der Waals surface area contributed by atoms with E-state index in [1.165, 1.54) is 34.4 Å². The average Bonchev–Trinajstić information content (AvgIpc) is 3.91. The van der Waals surface area contributed by atoms with Crippen LogP contribution in [0.15, 0.2) is 36.5 Å². The van der Waals surface area contributed by atoms with Gasteiger partial charge in [0.15, 0.2) is 5.01 Å². The fourth-order valence-corrected chi connectivity index (χ4v) is 8.97. The van der Waals surface area contributed by atoms with Crippen molar-refractivity contribution in [2.45, 2.75) is 107 Å². The van der Waals surface area contributed by atoms with Crippen molar-refractivity contribution < 1.29 is 36.7 Å². The predicted octanol–water partition coefficient (Wildman–Crippen LogP) is 3.38. The number of fused-ring (bicyclic) bond motifs is 3. The Balaban J connectivity index is 1.20. The van der Waals surface area contributed by atoms with Crippen molar-refractivity contribution in [2.75, 3.05) is 6.54 Å². The number of aryl methyl sites for hydroxylation is 2. The number of hydrogen-bond donors (Lipinski definition) is 3. The van der Waals surface area contributed by atoms with Crippen LogP contribution < -0.4 is 20.1 Å². The third-order valence-electron chi connectivity index (χ3n) is 10.6. The smallest absolute Gasteiger partial charge is 0.280 e. The van der Waals surface area contributed by atoms with E-state index in [1.54, 1.807) is 20.0 Å². The molecule has 53 heavy (non-hydrogen) atoms. The highest BCUT2D eigenvalue weighted by atomic mass is 32.2. The minimum absolute atomic E-state index is 0.0131. The van der Waals surface area contributed by atoms with Crippen molar-refractivity contribution in [1.29, 1.82) is 0 Å². The number of benzene rings is 1. The van der Waals surface area contributed by atoms with Gasteiger partial charge in [-0.1, -0.05) is 25.0 Å². The Labute approximate surface area is 310 Å². The fourth-order valence-electron chi connectivity index (χ4n) is 7.00. The van der Waals surface area contributed by atoms with Crippen LogP contribution >= 0.6 is 11.3 Å². The Kier molecular flexibility index (Phi) is 9.76. The fraction of sp³-hybridized carbons (Fsp3) is 0.528. The van der Waals surface area contributed by atoms with Gasteiger partial charge in [0.25, 0.3) is 11.8 Å². The lowest BCUT2D eigenvalue weighted by atomic mass is 10.0. The third kappa shape index (κ3) is 7.50. The van der Waals surface area contributed by atoms with Gasteiger partial charge in [-0.3, -0.25) is 23.9 Å². The molecule has 1 aromatic carbocycles. The third-order valence-corrected chi connectivity index (χ3v) is 13.7. The summed E-state index contributed by atoms with van der Waals surface area (Å²) in [5.41, 5.74) is -0.390. The molecule has 5 atom stereocenters. The van der Waals surface area contributed by atoms with Crippen LogP contribution in [-0.2, 0) is 24.4 Å². The van der Waals surface area contributed by atoms with Gasteiger partial charge in [-0.05, 0) is 71.4 Å². The second-order valence-corrected chi connectivity index (χ2v) is 18.2. The van der Waals surface area contributed by atoms with Crippen molar-refractivity contribution >= 4 is 56.0 Å². The Hall–Kier alpha value is -4.51. The highest BCUT2D eigenvalue weighted by molar-refractivity contribution is 7.91. The molecular weight excluding hydrogens is 726 g/mol. The number of amides is 4. The van der Waals surface area contributed by atoms with E-state index in [0.717, 1.165) is 17.7 Å². The number of allylic oxidation sites excluding steroid dienone is 1. The molecule has 1 saturated heterocycles. The van der Waals surface area contributed by atoms with Gasteiger partial charge in [-0.15, -0.1) is 11.3 Å². The normalized spacial score (nSPS) is 27.1. The minimum Gasteiger partial charge on any atom is -0.471 e. The van der Waals surface area contributed by atoms with Crippen LogP contribution in [0.3, 0.4) is 0 Å². The van der Waals surface area contributed by atoms with E-state index in [0.29, 0.717) is 43.3 Å². The summed E-state index contributed by atoms with van der Waals surface area (Å²) in [5.74, 6) is -3.35. The van der Waals surface area contributed by atoms with Gasteiger partial charge in [-0.25, -0.2) is 27.8 Å². The monoisotopic (exact) mass is 767 g/mol. The van der Waals surface area contributed by atoms with Gasteiger partial charge < -0.3 is 20.3 Å². The van der Waals surface area contributed by atoms with Crippen molar-refractivity contribution in [2.24, 2.45) is 5.92 Å². The van der Waals surface area contributed by atoms with Gasteiger partial charge in [0, 0.05) is 29.5 Å². The molecule has 0 spiro atoms. The van der Waals surface area contributed by atoms with E-state index in [-0.39, 0.29) is 35.8 Å². The first-order chi connectivity index (χ1) is 25.2. The summed E-state index contributed by atoms with van der Waals surface area (Å²) < 4.78 is 47.7. The topological polar surface area (TPSA) is 190 Å². The van der Waals surface area contributed by atoms with Crippen molar-refractivity contribution in [3.05, 3.63) is 57.9 Å². The van der Waals surface area contributed by atoms with E-state index in [9.17, 15) is 32.0 Å². The number of rotatable bonds is 7. The predicted molar refractivity (Wildman–Crippen MR) is 193 cm³/mol. The number of carbonyl (C=O) groups excluding carboxylic acids is 4. The molecule has 3 fully saturated rings. The first-order valence-electron chi connectivity index (χ1n) is 17.9. The van der Waals surface area contributed by atoms with Crippen LogP contribution in [0.5, 0.6) is 5.88 Å². The largest absolute Gasteiger partial charge is 0.471 e. The van der Waals surface area contributed by atoms with Gasteiger partial charge in [0.1, 0.15) is 35.2 Å².